The van der Waals surface area contributed by atoms with Crippen LogP contribution >= 0.6 is 7.75 Å². The second kappa shape index (κ2) is 3.53. The fraction of sp³-hybridized carbons (Fsp3) is 0.333. The van der Waals surface area contributed by atoms with E-state index in [9.17, 15) is 24.3 Å². The van der Waals surface area contributed by atoms with Crippen molar-refractivity contribution in [3.63, 3.8) is 0 Å². The highest BCUT2D eigenvalue weighted by atomic mass is 31.2. The molecule has 0 aliphatic carbocycles. The molecule has 0 radical (unpaired) electrons. The van der Waals surface area contributed by atoms with Crippen LogP contribution in [0.3, 0.4) is 0 Å². The number of guanidine groups is 1. The molecule has 2 N–H and O–H groups in total. The molecule has 0 aromatic carbocycles. The fourth-order valence-corrected chi connectivity index (χ4v) is 0.671. The molecule has 0 rings (SSSR count). The highest BCUT2D eigenvalue weighted by molar-refractivity contribution is 7.47. The maximum atomic E-state index is 9.99. The monoisotopic (exact) mass is 194 g/mol. The number of carboxylic acid groups (broad SMARTS) is 1. The molecule has 0 saturated heterocycles. The molecule has 70 valence electrons. The van der Waals surface area contributed by atoms with Crippen molar-refractivity contribution in [1.82, 2.24) is 4.90 Å². The molecule has 0 bridgehead atoms. The van der Waals surface area contributed by atoms with Crippen molar-refractivity contribution in [2.75, 3.05) is 7.05 Å². The average molecular weight is 194 g/mol. The maximum absolute atomic E-state index is 9.99. The molecule has 1 amide bonds. The van der Waals surface area contributed by atoms with E-state index in [2.05, 4.69) is 4.76 Å². The van der Waals surface area contributed by atoms with E-state index in [1.54, 1.807) is 0 Å². The Kier molecular flexibility index (Phi) is 3.20. The molecule has 0 unspecified atom stereocenters. The molecule has 0 spiro atoms. The van der Waals surface area contributed by atoms with Crippen LogP contribution in [0.1, 0.15) is 0 Å². The summed E-state index contributed by atoms with van der Waals surface area (Å²) in [6.07, 6.45) is -1.76. The second-order valence-corrected chi connectivity index (χ2v) is 2.89. The first-order valence-electron chi connectivity index (χ1n) is 2.56. The molecule has 0 fully saturated rings. The summed E-state index contributed by atoms with van der Waals surface area (Å²) in [6.45, 7) is 0. The Bertz CT molecular complexity index is 257. The van der Waals surface area contributed by atoms with Gasteiger partial charge in [-0.05, 0) is 0 Å². The van der Waals surface area contributed by atoms with Crippen LogP contribution in [0.2, 0.25) is 0 Å². The Morgan fingerprint density at radius 2 is 2.00 bits per heavy atom. The molecule has 12 heavy (non-hydrogen) atoms. The molecular formula is C3H5N3O5P-3. The van der Waals surface area contributed by atoms with Crippen molar-refractivity contribution < 1.29 is 24.3 Å². The van der Waals surface area contributed by atoms with Crippen LogP contribution in [-0.4, -0.2) is 24.0 Å². The number of hydrogen-bond acceptors (Lipinski definition) is 5. The number of nitrogens with two attached hydrogens (primary N) is 1. The van der Waals surface area contributed by atoms with Gasteiger partial charge in [-0.1, -0.05) is 0 Å². The molecule has 0 heterocycles. The minimum atomic E-state index is -5.19. The van der Waals surface area contributed by atoms with Gasteiger partial charge in [0.2, 0.25) is 5.96 Å². The number of rotatable bonds is 1. The molecule has 0 aliphatic heterocycles. The van der Waals surface area contributed by atoms with Crippen LogP contribution < -0.4 is 20.6 Å². The molecule has 0 aromatic heterocycles. The predicted molar refractivity (Wildman–Crippen MR) is 32.4 cm³/mol. The average Bonchev–Trinajstić information content (AvgIpc) is 1.82. The van der Waals surface area contributed by atoms with Gasteiger partial charge < -0.3 is 34.9 Å². The summed E-state index contributed by atoms with van der Waals surface area (Å²) >= 11 is 0. The normalized spacial score (nSPS) is 12.8. The van der Waals surface area contributed by atoms with Gasteiger partial charge in [0.05, 0.1) is 7.75 Å². The van der Waals surface area contributed by atoms with E-state index in [0.29, 0.717) is 0 Å². The molecule has 8 nitrogen and oxygen atoms in total. The van der Waals surface area contributed by atoms with Crippen molar-refractivity contribution in [3.8, 4) is 0 Å². The Hall–Kier alpha value is -1.11. The maximum Gasteiger partial charge on any atom is 0.200 e. The third-order valence-corrected chi connectivity index (χ3v) is 1.29. The van der Waals surface area contributed by atoms with Crippen LogP contribution in [0, 0.1) is 0 Å². The molecule has 0 saturated carbocycles. The topological polar surface area (TPSA) is 145 Å². The van der Waals surface area contributed by atoms with E-state index in [0.717, 1.165) is 7.05 Å². The molecular weight excluding hydrogens is 189 g/mol. The lowest BCUT2D eigenvalue weighted by atomic mass is 10.8. The third kappa shape index (κ3) is 3.91. The summed E-state index contributed by atoms with van der Waals surface area (Å²) in [6, 6.07) is 0. The first-order chi connectivity index (χ1) is 5.24. The summed E-state index contributed by atoms with van der Waals surface area (Å²) in [5.74, 6) is -0.941. The number of nitrogens with zero attached hydrogens (tertiary/aromatic N) is 2. The molecule has 0 atom stereocenters. The smallest absolute Gasteiger partial charge is 0.200 e. The Balaban J connectivity index is 4.60. The van der Waals surface area contributed by atoms with Crippen molar-refractivity contribution in [2.45, 2.75) is 0 Å². The Morgan fingerprint density at radius 1 is 1.58 bits per heavy atom. The van der Waals surface area contributed by atoms with Crippen LogP contribution in [0.15, 0.2) is 4.76 Å². The van der Waals surface area contributed by atoms with Crippen LogP contribution in [-0.2, 0) is 4.57 Å². The largest absolute Gasteiger partial charge is 0.793 e. The zero-order chi connectivity index (χ0) is 9.94. The third-order valence-electron chi connectivity index (χ3n) is 0.842. The minimum absolute atomic E-state index is 0.197. The minimum Gasteiger partial charge on any atom is -0.793 e. The summed E-state index contributed by atoms with van der Waals surface area (Å²) in [4.78, 5) is 30.1. The van der Waals surface area contributed by atoms with E-state index >= 15 is 0 Å². The van der Waals surface area contributed by atoms with Crippen LogP contribution in [0.4, 0.5) is 4.79 Å². The van der Waals surface area contributed by atoms with Gasteiger partial charge in [0.25, 0.3) is 0 Å². The quantitative estimate of drug-likeness (QED) is 0.259. The first kappa shape index (κ1) is 10.9. The van der Waals surface area contributed by atoms with Crippen molar-refractivity contribution in [3.05, 3.63) is 0 Å². The lowest BCUT2D eigenvalue weighted by Crippen LogP contribution is -2.46. The van der Waals surface area contributed by atoms with E-state index in [1.165, 1.54) is 0 Å². The fourth-order valence-electron chi connectivity index (χ4n) is 0.286. The van der Waals surface area contributed by atoms with Crippen LogP contribution in [0.5, 0.6) is 0 Å². The summed E-state index contributed by atoms with van der Waals surface area (Å²) in [5.41, 5.74) is 4.79. The lowest BCUT2D eigenvalue weighted by molar-refractivity contribution is -0.313. The van der Waals surface area contributed by atoms with Crippen molar-refractivity contribution >= 4 is 19.8 Å². The predicted octanol–water partition coefficient (Wildman–Crippen LogP) is -3.60. The van der Waals surface area contributed by atoms with Gasteiger partial charge >= 0.3 is 0 Å². The van der Waals surface area contributed by atoms with Gasteiger partial charge in [0, 0.05) is 7.05 Å². The van der Waals surface area contributed by atoms with Gasteiger partial charge in [-0.15, -0.1) is 0 Å². The highest BCUT2D eigenvalue weighted by Crippen LogP contribution is 2.24. The summed E-state index contributed by atoms with van der Waals surface area (Å²) in [7, 11) is -4.29. The van der Waals surface area contributed by atoms with Crippen molar-refractivity contribution in [1.29, 1.82) is 0 Å². The molecule has 9 heteroatoms. The zero-order valence-corrected chi connectivity index (χ0v) is 6.85. The van der Waals surface area contributed by atoms with Gasteiger partial charge in [0.15, 0.2) is 0 Å². The van der Waals surface area contributed by atoms with E-state index in [4.69, 9.17) is 5.73 Å². The van der Waals surface area contributed by atoms with Gasteiger partial charge in [-0.2, -0.15) is 0 Å². The van der Waals surface area contributed by atoms with Gasteiger partial charge in [0.1, 0.15) is 6.09 Å². The number of carbonyl (C=O) groups is 1. The Labute approximate surface area is 67.5 Å². The first-order valence-corrected chi connectivity index (χ1v) is 4.06. The SMILES string of the molecule is CN(C(=O)[O-])C(N)=NP(=O)([O-])[O-]. The van der Waals surface area contributed by atoms with E-state index < -0.39 is 19.8 Å². The zero-order valence-electron chi connectivity index (χ0n) is 5.96. The summed E-state index contributed by atoms with van der Waals surface area (Å²) in [5, 5.41) is 9.99. The molecule has 0 aliphatic rings. The van der Waals surface area contributed by atoms with Gasteiger partial charge in [-0.25, -0.2) is 4.76 Å². The standard InChI is InChI=1S/C3H8N3O5P/c1-6(3(7)8)2(4)5-12(9,10)11/h1H3,(H,7,8)(H4,4,5,9,10,11)/p-3. The lowest BCUT2D eigenvalue weighted by Gasteiger charge is -2.26. The van der Waals surface area contributed by atoms with Gasteiger partial charge in [-0.3, -0.25) is 0 Å². The highest BCUT2D eigenvalue weighted by Gasteiger charge is 2.01. The van der Waals surface area contributed by atoms with E-state index in [-0.39, 0.29) is 4.90 Å². The number of amides is 1. The Morgan fingerprint density at radius 3 is 2.25 bits per heavy atom. The van der Waals surface area contributed by atoms with Crippen LogP contribution in [0.25, 0.3) is 0 Å². The number of hydrogen-bond donors (Lipinski definition) is 1. The molecule has 0 aromatic rings. The summed E-state index contributed by atoms with van der Waals surface area (Å²) < 4.78 is 12.3. The van der Waals surface area contributed by atoms with E-state index in [1.807, 2.05) is 0 Å². The second-order valence-electron chi connectivity index (χ2n) is 1.75. The number of carbonyl (C=O) groups excluding carboxylic acids is 1. The van der Waals surface area contributed by atoms with Crippen molar-refractivity contribution in [2.24, 2.45) is 10.5 Å².